The summed E-state index contributed by atoms with van der Waals surface area (Å²) >= 11 is 0. The van der Waals surface area contributed by atoms with Gasteiger partial charge < -0.3 is 9.88 Å². The summed E-state index contributed by atoms with van der Waals surface area (Å²) in [7, 11) is 0. The highest BCUT2D eigenvalue weighted by atomic mass is 35.5. The van der Waals surface area contributed by atoms with Crippen molar-refractivity contribution in [3.05, 3.63) is 35.7 Å². The molecular weight excluding hydrogens is 272 g/mol. The lowest BCUT2D eigenvalue weighted by Gasteiger charge is -2.25. The first kappa shape index (κ1) is 13.6. The maximum atomic E-state index is 4.49. The summed E-state index contributed by atoms with van der Waals surface area (Å²) < 4.78 is 2.33. The molecule has 0 aliphatic carbocycles. The van der Waals surface area contributed by atoms with Crippen molar-refractivity contribution in [3.63, 3.8) is 0 Å². The van der Waals surface area contributed by atoms with Crippen LogP contribution in [0.25, 0.3) is 11.4 Å². The van der Waals surface area contributed by atoms with E-state index in [0.717, 1.165) is 31.9 Å². The molecule has 1 saturated heterocycles. The Kier molecular flexibility index (Phi) is 3.76. The summed E-state index contributed by atoms with van der Waals surface area (Å²) in [5.41, 5.74) is 2.66. The molecule has 106 valence electrons. The number of aryl methyl sites for hydroxylation is 1. The zero-order valence-corrected chi connectivity index (χ0v) is 12.2. The van der Waals surface area contributed by atoms with Crippen LogP contribution in [0, 0.1) is 0 Å². The second-order valence-corrected chi connectivity index (χ2v) is 5.48. The molecule has 1 N–H and O–H groups in total. The van der Waals surface area contributed by atoms with Gasteiger partial charge in [-0.3, -0.25) is 0 Å². The van der Waals surface area contributed by atoms with Gasteiger partial charge in [0.15, 0.2) is 5.82 Å². The third kappa shape index (κ3) is 2.13. The first-order chi connectivity index (χ1) is 9.43. The lowest BCUT2D eigenvalue weighted by Crippen LogP contribution is -2.30. The number of hydrogen-bond donors (Lipinski definition) is 1. The second kappa shape index (κ2) is 5.54. The number of piperidine rings is 1. The molecule has 0 bridgehead atoms. The Morgan fingerprint density at radius 3 is 2.95 bits per heavy atom. The molecule has 3 heterocycles. The molecule has 1 aromatic carbocycles. The highest BCUT2D eigenvalue weighted by molar-refractivity contribution is 5.85. The molecule has 2 aliphatic rings. The van der Waals surface area contributed by atoms with Gasteiger partial charge in [-0.2, -0.15) is 0 Å². The van der Waals surface area contributed by atoms with E-state index in [-0.39, 0.29) is 12.4 Å². The Morgan fingerprint density at radius 2 is 2.10 bits per heavy atom. The summed E-state index contributed by atoms with van der Waals surface area (Å²) in [5.74, 6) is 2.76. The molecule has 2 aromatic rings. The molecule has 1 aromatic heterocycles. The first-order valence-electron chi connectivity index (χ1n) is 7.15. The monoisotopic (exact) mass is 290 g/mol. The number of nitrogens with zero attached hydrogens (tertiary/aromatic N) is 3. The number of nitrogens with one attached hydrogen (secondary N) is 1. The van der Waals surface area contributed by atoms with Crippen molar-refractivity contribution in [1.29, 1.82) is 0 Å². The fourth-order valence-corrected chi connectivity index (χ4v) is 3.30. The summed E-state index contributed by atoms with van der Waals surface area (Å²) in [6.07, 6.45) is 3.56. The third-order valence-corrected chi connectivity index (χ3v) is 4.30. The van der Waals surface area contributed by atoms with Crippen LogP contribution in [0.2, 0.25) is 0 Å². The van der Waals surface area contributed by atoms with E-state index in [2.05, 4.69) is 44.3 Å². The summed E-state index contributed by atoms with van der Waals surface area (Å²) in [4.78, 5) is 0. The van der Waals surface area contributed by atoms with E-state index in [4.69, 9.17) is 0 Å². The van der Waals surface area contributed by atoms with Crippen molar-refractivity contribution < 1.29 is 0 Å². The number of halogens is 1. The van der Waals surface area contributed by atoms with Crippen molar-refractivity contribution in [2.24, 2.45) is 0 Å². The lowest BCUT2D eigenvalue weighted by atomic mass is 9.97. The average molecular weight is 291 g/mol. The maximum Gasteiger partial charge on any atom is 0.164 e. The number of hydrogen-bond acceptors (Lipinski definition) is 3. The van der Waals surface area contributed by atoms with E-state index in [9.17, 15) is 0 Å². The van der Waals surface area contributed by atoms with Gasteiger partial charge in [0.1, 0.15) is 5.82 Å². The maximum absolute atomic E-state index is 4.49. The lowest BCUT2D eigenvalue weighted by molar-refractivity contribution is 0.431. The molecule has 1 atom stereocenters. The zero-order valence-electron chi connectivity index (χ0n) is 11.4. The predicted molar refractivity (Wildman–Crippen MR) is 81.3 cm³/mol. The molecule has 0 spiro atoms. The van der Waals surface area contributed by atoms with Gasteiger partial charge in [0.05, 0.1) is 0 Å². The smallest absolute Gasteiger partial charge is 0.164 e. The van der Waals surface area contributed by atoms with Crippen LogP contribution in [-0.4, -0.2) is 27.9 Å². The van der Waals surface area contributed by atoms with Gasteiger partial charge in [-0.05, 0) is 31.4 Å². The van der Waals surface area contributed by atoms with E-state index in [1.54, 1.807) is 0 Å². The second-order valence-electron chi connectivity index (χ2n) is 5.48. The van der Waals surface area contributed by atoms with Crippen LogP contribution in [0.1, 0.15) is 30.1 Å². The topological polar surface area (TPSA) is 42.7 Å². The summed E-state index contributed by atoms with van der Waals surface area (Å²) in [6.45, 7) is 3.20. The highest BCUT2D eigenvalue weighted by Gasteiger charge is 2.26. The van der Waals surface area contributed by atoms with E-state index < -0.39 is 0 Å². The summed E-state index contributed by atoms with van der Waals surface area (Å²) in [5, 5.41) is 12.4. The van der Waals surface area contributed by atoms with Gasteiger partial charge in [-0.1, -0.05) is 24.3 Å². The van der Waals surface area contributed by atoms with Crippen LogP contribution in [0.4, 0.5) is 0 Å². The van der Waals surface area contributed by atoms with Crippen molar-refractivity contribution in [1.82, 2.24) is 20.1 Å². The third-order valence-electron chi connectivity index (χ3n) is 4.30. The van der Waals surface area contributed by atoms with E-state index >= 15 is 0 Å². The van der Waals surface area contributed by atoms with Crippen LogP contribution < -0.4 is 5.32 Å². The van der Waals surface area contributed by atoms with Gasteiger partial charge in [-0.15, -0.1) is 22.6 Å². The number of benzene rings is 1. The van der Waals surface area contributed by atoms with Crippen molar-refractivity contribution >= 4 is 12.4 Å². The molecule has 1 fully saturated rings. The Morgan fingerprint density at radius 1 is 1.20 bits per heavy atom. The zero-order chi connectivity index (χ0) is 12.7. The molecule has 4 rings (SSSR count). The Balaban J connectivity index is 0.00000121. The van der Waals surface area contributed by atoms with Gasteiger partial charge in [0, 0.05) is 24.6 Å². The normalized spacial score (nSPS) is 20.7. The molecule has 2 aliphatic heterocycles. The average Bonchev–Trinajstić information content (AvgIpc) is 2.92. The minimum atomic E-state index is 0. The SMILES string of the molecule is Cl.c1ccc2c(c1)CCn1c-2nnc1C1CCCNC1. The van der Waals surface area contributed by atoms with Crippen LogP contribution in [0.3, 0.4) is 0 Å². The van der Waals surface area contributed by atoms with E-state index in [1.807, 2.05) is 0 Å². The van der Waals surface area contributed by atoms with Gasteiger partial charge in [0.25, 0.3) is 0 Å². The quantitative estimate of drug-likeness (QED) is 0.877. The van der Waals surface area contributed by atoms with Crippen LogP contribution in [0.15, 0.2) is 24.3 Å². The van der Waals surface area contributed by atoms with E-state index in [0.29, 0.717) is 5.92 Å². The summed E-state index contributed by atoms with van der Waals surface area (Å²) in [6, 6.07) is 8.56. The van der Waals surface area contributed by atoms with Crippen LogP contribution in [-0.2, 0) is 13.0 Å². The van der Waals surface area contributed by atoms with Crippen LogP contribution in [0.5, 0.6) is 0 Å². The number of aromatic nitrogens is 3. The minimum absolute atomic E-state index is 0. The Labute approximate surface area is 125 Å². The van der Waals surface area contributed by atoms with Crippen molar-refractivity contribution in [3.8, 4) is 11.4 Å². The van der Waals surface area contributed by atoms with E-state index in [1.165, 1.54) is 29.8 Å². The fourth-order valence-electron chi connectivity index (χ4n) is 3.30. The fraction of sp³-hybridized carbons (Fsp3) is 0.467. The largest absolute Gasteiger partial charge is 0.316 e. The molecule has 20 heavy (non-hydrogen) atoms. The minimum Gasteiger partial charge on any atom is -0.316 e. The molecule has 0 radical (unpaired) electrons. The predicted octanol–water partition coefficient (Wildman–Crippen LogP) is 2.39. The molecule has 4 nitrogen and oxygen atoms in total. The van der Waals surface area contributed by atoms with Crippen molar-refractivity contribution in [2.45, 2.75) is 31.7 Å². The van der Waals surface area contributed by atoms with Gasteiger partial charge in [-0.25, -0.2) is 0 Å². The molecule has 1 unspecified atom stereocenters. The molecule has 0 amide bonds. The first-order valence-corrected chi connectivity index (χ1v) is 7.15. The number of fused-ring (bicyclic) bond motifs is 3. The Hall–Kier alpha value is -1.39. The van der Waals surface area contributed by atoms with Crippen LogP contribution >= 0.6 is 12.4 Å². The Bertz CT molecular complexity index is 602. The highest BCUT2D eigenvalue weighted by Crippen LogP contribution is 2.31. The molecule has 5 heteroatoms. The molecular formula is C15H19ClN4. The van der Waals surface area contributed by atoms with Crippen molar-refractivity contribution in [2.75, 3.05) is 13.1 Å². The molecule has 0 saturated carbocycles. The van der Waals surface area contributed by atoms with Gasteiger partial charge in [0.2, 0.25) is 0 Å². The van der Waals surface area contributed by atoms with Gasteiger partial charge >= 0.3 is 0 Å². The number of rotatable bonds is 1. The standard InChI is InChI=1S/C15H18N4.ClH/c1-2-6-13-11(4-1)7-9-19-14(17-18-15(13)19)12-5-3-8-16-10-12;/h1-2,4,6,12,16H,3,5,7-10H2;1H.